The Kier molecular flexibility index (Phi) is 5.10. The molecule has 0 atom stereocenters. The Morgan fingerprint density at radius 2 is 2.09 bits per heavy atom. The van der Waals surface area contributed by atoms with Gasteiger partial charge in [-0.15, -0.1) is 0 Å². The van der Waals surface area contributed by atoms with Gasteiger partial charge in [0.2, 0.25) is 0 Å². The number of aromatic nitrogens is 1. The summed E-state index contributed by atoms with van der Waals surface area (Å²) in [5.41, 5.74) is 1.98. The second-order valence-electron chi connectivity index (χ2n) is 5.04. The largest absolute Gasteiger partial charge is 0.481 e. The van der Waals surface area contributed by atoms with Crippen LogP contribution in [0.25, 0.3) is 11.1 Å². The number of benzene rings is 1. The molecule has 2 aromatic rings. The average Bonchev–Trinajstić information content (AvgIpc) is 2.87. The summed E-state index contributed by atoms with van der Waals surface area (Å²) in [5, 5.41) is 14.9. The maximum atomic E-state index is 13.9. The maximum absolute atomic E-state index is 13.9. The Bertz CT molecular complexity index is 740. The standard InChI is InChI=1S/C16H17FN2O4/c1-3-13-15(9(2)23-19-13)10-6-11(8-12(17)7-10)16(22)18-5-4-14(20)21/h6-8H,3-5H2,1-2H3,(H,18,22)(H,20,21). The van der Waals surface area contributed by atoms with Crippen LogP contribution in [0.2, 0.25) is 0 Å². The zero-order chi connectivity index (χ0) is 17.0. The van der Waals surface area contributed by atoms with Crippen LogP contribution in [0.4, 0.5) is 4.39 Å². The summed E-state index contributed by atoms with van der Waals surface area (Å²) in [4.78, 5) is 22.5. The zero-order valence-corrected chi connectivity index (χ0v) is 12.9. The molecule has 7 heteroatoms. The summed E-state index contributed by atoms with van der Waals surface area (Å²) < 4.78 is 19.0. The fourth-order valence-corrected chi connectivity index (χ4v) is 2.28. The van der Waals surface area contributed by atoms with Crippen molar-refractivity contribution in [2.24, 2.45) is 0 Å². The van der Waals surface area contributed by atoms with Gasteiger partial charge >= 0.3 is 5.97 Å². The third kappa shape index (κ3) is 3.94. The van der Waals surface area contributed by atoms with Crippen LogP contribution in [0.5, 0.6) is 0 Å². The molecule has 0 saturated carbocycles. The van der Waals surface area contributed by atoms with E-state index in [4.69, 9.17) is 9.63 Å². The molecule has 0 bridgehead atoms. The molecule has 0 unspecified atom stereocenters. The molecule has 23 heavy (non-hydrogen) atoms. The van der Waals surface area contributed by atoms with Crippen molar-refractivity contribution < 1.29 is 23.6 Å². The van der Waals surface area contributed by atoms with Crippen molar-refractivity contribution in [2.75, 3.05) is 6.54 Å². The molecule has 0 radical (unpaired) electrons. The fraction of sp³-hybridized carbons (Fsp3) is 0.312. The average molecular weight is 320 g/mol. The molecule has 1 aromatic heterocycles. The number of carbonyl (C=O) groups excluding carboxylic acids is 1. The van der Waals surface area contributed by atoms with Gasteiger partial charge in [0.1, 0.15) is 11.6 Å². The van der Waals surface area contributed by atoms with Gasteiger partial charge in [0, 0.05) is 17.7 Å². The van der Waals surface area contributed by atoms with E-state index in [2.05, 4.69) is 10.5 Å². The first-order valence-electron chi connectivity index (χ1n) is 7.18. The third-order valence-corrected chi connectivity index (χ3v) is 3.34. The summed E-state index contributed by atoms with van der Waals surface area (Å²) in [6.45, 7) is 3.60. The summed E-state index contributed by atoms with van der Waals surface area (Å²) in [5.74, 6) is -1.56. The van der Waals surface area contributed by atoms with Gasteiger partial charge in [-0.25, -0.2) is 4.39 Å². The number of halogens is 1. The molecule has 6 nitrogen and oxygen atoms in total. The fourth-order valence-electron chi connectivity index (χ4n) is 2.28. The number of hydrogen-bond donors (Lipinski definition) is 2. The van der Waals surface area contributed by atoms with E-state index >= 15 is 0 Å². The Labute approximate surface area is 132 Å². The van der Waals surface area contributed by atoms with Crippen LogP contribution in [0.1, 0.15) is 35.2 Å². The lowest BCUT2D eigenvalue weighted by Crippen LogP contribution is -2.26. The lowest BCUT2D eigenvalue weighted by Gasteiger charge is -2.07. The van der Waals surface area contributed by atoms with E-state index in [1.165, 1.54) is 12.1 Å². The van der Waals surface area contributed by atoms with Gasteiger partial charge in [-0.1, -0.05) is 12.1 Å². The highest BCUT2D eigenvalue weighted by atomic mass is 19.1. The molecule has 0 aliphatic rings. The molecule has 1 amide bonds. The molecular formula is C16H17FN2O4. The summed E-state index contributed by atoms with van der Waals surface area (Å²) in [7, 11) is 0. The highest BCUT2D eigenvalue weighted by molar-refractivity contribution is 5.95. The number of nitrogens with zero attached hydrogens (tertiary/aromatic N) is 1. The van der Waals surface area contributed by atoms with E-state index in [1.807, 2.05) is 6.92 Å². The van der Waals surface area contributed by atoms with Crippen molar-refractivity contribution in [1.29, 1.82) is 0 Å². The first-order chi connectivity index (χ1) is 10.9. The maximum Gasteiger partial charge on any atom is 0.305 e. The van der Waals surface area contributed by atoms with Gasteiger partial charge in [-0.05, 0) is 37.1 Å². The second-order valence-corrected chi connectivity index (χ2v) is 5.04. The Morgan fingerprint density at radius 1 is 1.35 bits per heavy atom. The van der Waals surface area contributed by atoms with Crippen molar-refractivity contribution in [3.05, 3.63) is 41.0 Å². The Morgan fingerprint density at radius 3 is 2.74 bits per heavy atom. The highest BCUT2D eigenvalue weighted by Crippen LogP contribution is 2.29. The predicted octanol–water partition coefficient (Wildman–Crippen LogP) is 2.56. The number of amides is 1. The molecule has 2 rings (SSSR count). The molecule has 0 aliphatic heterocycles. The van der Waals surface area contributed by atoms with Crippen LogP contribution in [-0.4, -0.2) is 28.7 Å². The molecule has 0 spiro atoms. The number of aliphatic carboxylic acids is 1. The van der Waals surface area contributed by atoms with E-state index in [1.54, 1.807) is 6.92 Å². The van der Waals surface area contributed by atoms with Crippen LogP contribution in [0, 0.1) is 12.7 Å². The smallest absolute Gasteiger partial charge is 0.305 e. The van der Waals surface area contributed by atoms with Crippen molar-refractivity contribution >= 4 is 11.9 Å². The van der Waals surface area contributed by atoms with Crippen LogP contribution in [-0.2, 0) is 11.2 Å². The molecule has 0 fully saturated rings. The van der Waals surface area contributed by atoms with Crippen molar-refractivity contribution in [1.82, 2.24) is 10.5 Å². The SMILES string of the molecule is CCc1noc(C)c1-c1cc(F)cc(C(=O)NCCC(=O)O)c1. The molecule has 2 N–H and O–H groups in total. The van der Waals surface area contributed by atoms with E-state index in [0.717, 1.165) is 6.07 Å². The second kappa shape index (κ2) is 7.04. The molecule has 1 aromatic carbocycles. The first-order valence-corrected chi connectivity index (χ1v) is 7.18. The lowest BCUT2D eigenvalue weighted by atomic mass is 10.00. The van der Waals surface area contributed by atoms with Gasteiger partial charge in [0.25, 0.3) is 5.91 Å². The lowest BCUT2D eigenvalue weighted by molar-refractivity contribution is -0.136. The number of carboxylic acid groups (broad SMARTS) is 1. The number of carbonyl (C=O) groups is 2. The number of hydrogen-bond acceptors (Lipinski definition) is 4. The Hall–Kier alpha value is -2.70. The normalized spacial score (nSPS) is 10.6. The predicted molar refractivity (Wildman–Crippen MR) is 80.6 cm³/mol. The monoisotopic (exact) mass is 320 g/mol. The van der Waals surface area contributed by atoms with E-state index in [0.29, 0.717) is 29.0 Å². The van der Waals surface area contributed by atoms with Gasteiger partial charge in [0.15, 0.2) is 0 Å². The molecule has 0 aliphatic carbocycles. The molecular weight excluding hydrogens is 303 g/mol. The minimum absolute atomic E-state index is 0.0213. The quantitative estimate of drug-likeness (QED) is 0.853. The van der Waals surface area contributed by atoms with Crippen molar-refractivity contribution in [3.8, 4) is 11.1 Å². The topological polar surface area (TPSA) is 92.4 Å². The zero-order valence-electron chi connectivity index (χ0n) is 12.9. The van der Waals surface area contributed by atoms with Crippen LogP contribution >= 0.6 is 0 Å². The minimum Gasteiger partial charge on any atom is -0.481 e. The number of rotatable bonds is 6. The van der Waals surface area contributed by atoms with E-state index in [9.17, 15) is 14.0 Å². The van der Waals surface area contributed by atoms with Crippen LogP contribution in [0.15, 0.2) is 22.7 Å². The molecule has 1 heterocycles. The Balaban J connectivity index is 2.30. The van der Waals surface area contributed by atoms with Crippen molar-refractivity contribution in [2.45, 2.75) is 26.7 Å². The van der Waals surface area contributed by atoms with E-state index < -0.39 is 17.7 Å². The third-order valence-electron chi connectivity index (χ3n) is 3.34. The summed E-state index contributed by atoms with van der Waals surface area (Å²) >= 11 is 0. The van der Waals surface area contributed by atoms with Crippen LogP contribution in [0.3, 0.4) is 0 Å². The van der Waals surface area contributed by atoms with Gasteiger partial charge in [-0.3, -0.25) is 9.59 Å². The van der Waals surface area contributed by atoms with Crippen LogP contribution < -0.4 is 5.32 Å². The van der Waals surface area contributed by atoms with Crippen molar-refractivity contribution in [3.63, 3.8) is 0 Å². The summed E-state index contributed by atoms with van der Waals surface area (Å²) in [6.07, 6.45) is 0.419. The number of aryl methyl sites for hydroxylation is 2. The van der Waals surface area contributed by atoms with Gasteiger partial charge in [0.05, 0.1) is 12.1 Å². The molecule has 122 valence electrons. The molecule has 0 saturated heterocycles. The first kappa shape index (κ1) is 16.7. The van der Waals surface area contributed by atoms with Gasteiger partial charge < -0.3 is 14.9 Å². The number of carboxylic acids is 1. The minimum atomic E-state index is -1.02. The van der Waals surface area contributed by atoms with Gasteiger partial charge in [-0.2, -0.15) is 0 Å². The number of nitrogens with one attached hydrogen (secondary N) is 1. The highest BCUT2D eigenvalue weighted by Gasteiger charge is 2.17. The summed E-state index contributed by atoms with van der Waals surface area (Å²) in [6, 6.07) is 3.96. The van der Waals surface area contributed by atoms with E-state index in [-0.39, 0.29) is 18.5 Å².